The van der Waals surface area contributed by atoms with Crippen LogP contribution in [-0.4, -0.2) is 0 Å². The van der Waals surface area contributed by atoms with E-state index < -0.39 is 0 Å². The van der Waals surface area contributed by atoms with E-state index in [-0.39, 0.29) is 0 Å². The van der Waals surface area contributed by atoms with Crippen LogP contribution in [-0.2, 0) is 0 Å². The molecule has 0 aromatic heterocycles. The maximum absolute atomic E-state index is 5.36. The van der Waals surface area contributed by atoms with Gasteiger partial charge in [-0.15, -0.1) is 0 Å². The van der Waals surface area contributed by atoms with Gasteiger partial charge in [0.2, 0.25) is 0 Å². The van der Waals surface area contributed by atoms with Crippen LogP contribution in [0, 0.1) is 0 Å². The van der Waals surface area contributed by atoms with Gasteiger partial charge in [-0.3, -0.25) is 0 Å². The Morgan fingerprint density at radius 2 is 2.00 bits per heavy atom. The minimum absolute atomic E-state index is 0.842. The van der Waals surface area contributed by atoms with Crippen LogP contribution in [0.15, 0.2) is 11.4 Å². The average Bonchev–Trinajstić information content (AvgIpc) is 1.65. The minimum Gasteiger partial charge on any atom is -0.401 e. The maximum Gasteiger partial charge on any atom is 0.0558 e. The van der Waals surface area contributed by atoms with E-state index in [0.29, 0.717) is 0 Å². The summed E-state index contributed by atoms with van der Waals surface area (Å²) in [6.07, 6.45) is 0. The summed E-state index contributed by atoms with van der Waals surface area (Å²) >= 11 is 2.04. The van der Waals surface area contributed by atoms with E-state index in [2.05, 4.69) is 3.53 Å². The molecule has 0 saturated carbocycles. The van der Waals surface area contributed by atoms with E-state index in [1.807, 2.05) is 36.7 Å². The molecule has 0 spiro atoms. The predicted octanol–water partition coefficient (Wildman–Crippen LogP) is 1.14. The molecule has 0 heterocycles. The standard InChI is InChI=1S/C4H9IN2/c1-3(6)4(2)7-5/h7H,6H2,1-2H3/b4-3-. The Morgan fingerprint density at radius 3 is 2.00 bits per heavy atom. The van der Waals surface area contributed by atoms with E-state index in [1.165, 1.54) is 0 Å². The van der Waals surface area contributed by atoms with Crippen molar-refractivity contribution in [1.82, 2.24) is 3.53 Å². The molecule has 0 unspecified atom stereocenters. The van der Waals surface area contributed by atoms with Gasteiger partial charge in [-0.05, 0) is 13.8 Å². The molecular weight excluding hydrogens is 203 g/mol. The van der Waals surface area contributed by atoms with Gasteiger partial charge in [-0.25, -0.2) is 0 Å². The number of hydrogen-bond donors (Lipinski definition) is 2. The molecule has 7 heavy (non-hydrogen) atoms. The first kappa shape index (κ1) is 7.07. The van der Waals surface area contributed by atoms with Crippen molar-refractivity contribution in [1.29, 1.82) is 0 Å². The normalized spacial score (nSPS) is 13.0. The average molecular weight is 212 g/mol. The summed E-state index contributed by atoms with van der Waals surface area (Å²) in [5, 5.41) is 0. The molecule has 0 atom stereocenters. The predicted molar refractivity (Wildman–Crippen MR) is 39.7 cm³/mol. The Morgan fingerprint density at radius 1 is 1.57 bits per heavy atom. The molecule has 3 heteroatoms. The largest absolute Gasteiger partial charge is 0.401 e. The Labute approximate surface area is 57.7 Å². The third-order valence-corrected chi connectivity index (χ3v) is 1.54. The minimum atomic E-state index is 0.842. The third-order valence-electron chi connectivity index (χ3n) is 0.733. The van der Waals surface area contributed by atoms with E-state index in [1.54, 1.807) is 0 Å². The van der Waals surface area contributed by atoms with Crippen LogP contribution in [0.1, 0.15) is 13.8 Å². The van der Waals surface area contributed by atoms with E-state index in [9.17, 15) is 0 Å². The lowest BCUT2D eigenvalue weighted by atomic mass is 10.4. The summed E-state index contributed by atoms with van der Waals surface area (Å²) in [4.78, 5) is 0. The molecule has 0 aliphatic heterocycles. The van der Waals surface area contributed by atoms with Crippen LogP contribution in [0.2, 0.25) is 0 Å². The number of nitrogens with two attached hydrogens (primary N) is 1. The molecule has 0 radical (unpaired) electrons. The van der Waals surface area contributed by atoms with Gasteiger partial charge in [-0.2, -0.15) is 0 Å². The highest BCUT2D eigenvalue weighted by Crippen LogP contribution is 1.92. The summed E-state index contributed by atoms with van der Waals surface area (Å²) < 4.78 is 2.89. The summed E-state index contributed by atoms with van der Waals surface area (Å²) in [6, 6.07) is 0. The highest BCUT2D eigenvalue weighted by Gasteiger charge is 1.83. The van der Waals surface area contributed by atoms with Crippen molar-refractivity contribution in [2.75, 3.05) is 0 Å². The van der Waals surface area contributed by atoms with E-state index in [4.69, 9.17) is 5.73 Å². The third kappa shape index (κ3) is 2.73. The van der Waals surface area contributed by atoms with Crippen molar-refractivity contribution in [3.05, 3.63) is 11.4 Å². The first-order valence-electron chi connectivity index (χ1n) is 1.98. The van der Waals surface area contributed by atoms with E-state index in [0.717, 1.165) is 11.4 Å². The van der Waals surface area contributed by atoms with Crippen LogP contribution >= 0.6 is 22.9 Å². The van der Waals surface area contributed by atoms with Gasteiger partial charge < -0.3 is 9.26 Å². The van der Waals surface area contributed by atoms with Crippen LogP contribution < -0.4 is 9.26 Å². The Kier molecular flexibility index (Phi) is 3.15. The molecule has 42 valence electrons. The van der Waals surface area contributed by atoms with Gasteiger partial charge in [0.25, 0.3) is 0 Å². The van der Waals surface area contributed by atoms with Crippen LogP contribution in [0.5, 0.6) is 0 Å². The molecule has 0 aliphatic rings. The second-order valence-corrected chi connectivity index (χ2v) is 1.94. The SMILES string of the molecule is C/C(N)=C(\C)NI. The molecule has 0 aliphatic carbocycles. The lowest BCUT2D eigenvalue weighted by molar-refractivity contribution is 1.12. The number of rotatable bonds is 1. The van der Waals surface area contributed by atoms with Gasteiger partial charge in [0.05, 0.1) is 22.9 Å². The van der Waals surface area contributed by atoms with Gasteiger partial charge in [-0.1, -0.05) is 0 Å². The van der Waals surface area contributed by atoms with Gasteiger partial charge >= 0.3 is 0 Å². The molecule has 0 amide bonds. The number of nitrogens with one attached hydrogen (secondary N) is 1. The lowest BCUT2D eigenvalue weighted by Crippen LogP contribution is -2.02. The second kappa shape index (κ2) is 3.12. The molecule has 0 bridgehead atoms. The smallest absolute Gasteiger partial charge is 0.0558 e. The second-order valence-electron chi connectivity index (χ2n) is 1.40. The van der Waals surface area contributed by atoms with Crippen LogP contribution in [0.3, 0.4) is 0 Å². The molecule has 0 aromatic carbocycles. The summed E-state index contributed by atoms with van der Waals surface area (Å²) in [5.41, 5.74) is 7.23. The fourth-order valence-electron chi connectivity index (χ4n) is 0.0745. The molecule has 0 saturated heterocycles. The number of halogens is 1. The number of hydrogen-bond acceptors (Lipinski definition) is 2. The van der Waals surface area contributed by atoms with Crippen LogP contribution in [0.25, 0.3) is 0 Å². The maximum atomic E-state index is 5.36. The zero-order chi connectivity index (χ0) is 5.86. The molecule has 0 rings (SSSR count). The van der Waals surface area contributed by atoms with Crippen molar-refractivity contribution in [2.24, 2.45) is 5.73 Å². The number of allylic oxidation sites excluding steroid dienone is 2. The highest BCUT2D eigenvalue weighted by molar-refractivity contribution is 14.1. The summed E-state index contributed by atoms with van der Waals surface area (Å²) in [6.45, 7) is 3.79. The monoisotopic (exact) mass is 212 g/mol. The fourth-order valence-corrected chi connectivity index (χ4v) is 0.500. The quantitative estimate of drug-likeness (QED) is 0.505. The molecule has 0 aromatic rings. The lowest BCUT2D eigenvalue weighted by Gasteiger charge is -1.96. The molecule has 3 N–H and O–H groups in total. The highest BCUT2D eigenvalue weighted by atomic mass is 127. The molecule has 2 nitrogen and oxygen atoms in total. The molecular formula is C4H9IN2. The zero-order valence-corrected chi connectivity index (χ0v) is 6.61. The van der Waals surface area contributed by atoms with Crippen molar-refractivity contribution >= 4 is 22.9 Å². The van der Waals surface area contributed by atoms with E-state index >= 15 is 0 Å². The van der Waals surface area contributed by atoms with Gasteiger partial charge in [0, 0.05) is 11.4 Å². The van der Waals surface area contributed by atoms with Crippen molar-refractivity contribution in [2.45, 2.75) is 13.8 Å². The Bertz CT molecular complexity index is 83.7. The van der Waals surface area contributed by atoms with Crippen molar-refractivity contribution in [3.8, 4) is 0 Å². The first-order valence-corrected chi connectivity index (χ1v) is 3.06. The molecule has 0 fully saturated rings. The summed E-state index contributed by atoms with van der Waals surface area (Å²) in [5.74, 6) is 0. The van der Waals surface area contributed by atoms with Crippen molar-refractivity contribution in [3.63, 3.8) is 0 Å². The van der Waals surface area contributed by atoms with Gasteiger partial charge in [0.15, 0.2) is 0 Å². The topological polar surface area (TPSA) is 38.0 Å². The Balaban J connectivity index is 3.72. The van der Waals surface area contributed by atoms with Gasteiger partial charge in [0.1, 0.15) is 0 Å². The summed E-state index contributed by atoms with van der Waals surface area (Å²) in [7, 11) is 0. The van der Waals surface area contributed by atoms with Crippen molar-refractivity contribution < 1.29 is 0 Å². The fraction of sp³-hybridized carbons (Fsp3) is 0.500. The zero-order valence-electron chi connectivity index (χ0n) is 4.46. The van der Waals surface area contributed by atoms with Crippen LogP contribution in [0.4, 0.5) is 0 Å². The Hall–Kier alpha value is 0.0700. The first-order chi connectivity index (χ1) is 3.18.